The standard InChI is InChI=1S/C10H8ClNO4/c11-7-4-2-1-3-6(7)8-9(13)16-5-12(8)10(14)15/h1-4,8H,5H2,(H,14,15). The summed E-state index contributed by atoms with van der Waals surface area (Å²) in [5.41, 5.74) is 0.439. The van der Waals surface area contributed by atoms with Crippen molar-refractivity contribution >= 4 is 23.7 Å². The number of carbonyl (C=O) groups is 2. The topological polar surface area (TPSA) is 66.8 Å². The summed E-state index contributed by atoms with van der Waals surface area (Å²) in [6, 6.07) is 5.63. The molecule has 1 aliphatic heterocycles. The third-order valence-electron chi connectivity index (χ3n) is 2.33. The van der Waals surface area contributed by atoms with E-state index in [1.165, 1.54) is 0 Å². The van der Waals surface area contributed by atoms with Crippen molar-refractivity contribution in [1.82, 2.24) is 4.90 Å². The molecule has 0 bridgehead atoms. The molecule has 1 aromatic rings. The monoisotopic (exact) mass is 241 g/mol. The Morgan fingerprint density at radius 2 is 2.19 bits per heavy atom. The number of benzene rings is 1. The molecule has 1 unspecified atom stereocenters. The Balaban J connectivity index is 2.41. The fraction of sp³-hybridized carbons (Fsp3) is 0.200. The van der Waals surface area contributed by atoms with Crippen LogP contribution in [0.2, 0.25) is 5.02 Å². The van der Waals surface area contributed by atoms with Crippen LogP contribution in [-0.4, -0.2) is 28.8 Å². The largest absolute Gasteiger partial charge is 0.465 e. The smallest absolute Gasteiger partial charge is 0.411 e. The first kappa shape index (κ1) is 10.8. The quantitative estimate of drug-likeness (QED) is 0.763. The Labute approximate surface area is 96.2 Å². The number of amides is 1. The molecule has 0 aliphatic carbocycles. The van der Waals surface area contributed by atoms with Crippen molar-refractivity contribution in [1.29, 1.82) is 0 Å². The normalized spacial score (nSPS) is 19.7. The first-order chi connectivity index (χ1) is 7.61. The zero-order valence-electron chi connectivity index (χ0n) is 8.09. The summed E-state index contributed by atoms with van der Waals surface area (Å²) < 4.78 is 4.70. The van der Waals surface area contributed by atoms with E-state index in [4.69, 9.17) is 21.4 Å². The summed E-state index contributed by atoms with van der Waals surface area (Å²) in [5, 5.41) is 9.25. The molecular formula is C10H8ClNO4. The predicted molar refractivity (Wildman–Crippen MR) is 55.0 cm³/mol. The molecule has 16 heavy (non-hydrogen) atoms. The number of hydrogen-bond acceptors (Lipinski definition) is 3. The van der Waals surface area contributed by atoms with Gasteiger partial charge in [-0.1, -0.05) is 29.8 Å². The Morgan fingerprint density at radius 3 is 2.81 bits per heavy atom. The minimum absolute atomic E-state index is 0.260. The third-order valence-corrected chi connectivity index (χ3v) is 2.67. The van der Waals surface area contributed by atoms with Gasteiger partial charge in [-0.25, -0.2) is 9.59 Å². The van der Waals surface area contributed by atoms with E-state index in [1.807, 2.05) is 0 Å². The molecule has 0 aromatic heterocycles. The van der Waals surface area contributed by atoms with E-state index in [9.17, 15) is 9.59 Å². The van der Waals surface area contributed by atoms with Gasteiger partial charge in [-0.05, 0) is 6.07 Å². The molecule has 2 rings (SSSR count). The van der Waals surface area contributed by atoms with Gasteiger partial charge in [-0.3, -0.25) is 4.90 Å². The summed E-state index contributed by atoms with van der Waals surface area (Å²) in [6.45, 7) is -0.260. The molecule has 6 heteroatoms. The van der Waals surface area contributed by atoms with Crippen LogP contribution in [0.3, 0.4) is 0 Å². The van der Waals surface area contributed by atoms with Crippen molar-refractivity contribution in [2.75, 3.05) is 6.73 Å². The average molecular weight is 242 g/mol. The number of halogens is 1. The van der Waals surface area contributed by atoms with Gasteiger partial charge < -0.3 is 9.84 Å². The van der Waals surface area contributed by atoms with Crippen LogP contribution in [0, 0.1) is 0 Å². The molecule has 1 heterocycles. The zero-order chi connectivity index (χ0) is 11.7. The minimum atomic E-state index is -1.21. The van der Waals surface area contributed by atoms with Crippen molar-refractivity contribution in [2.24, 2.45) is 0 Å². The maximum Gasteiger partial charge on any atom is 0.411 e. The molecule has 5 nitrogen and oxygen atoms in total. The number of carboxylic acid groups (broad SMARTS) is 1. The van der Waals surface area contributed by atoms with Crippen molar-refractivity contribution in [3.05, 3.63) is 34.9 Å². The lowest BCUT2D eigenvalue weighted by molar-refractivity contribution is -0.139. The summed E-state index contributed by atoms with van der Waals surface area (Å²) in [5.74, 6) is -0.601. The molecule has 1 aromatic carbocycles. The van der Waals surface area contributed by atoms with E-state index in [0.717, 1.165) is 4.90 Å². The molecule has 0 radical (unpaired) electrons. The first-order valence-electron chi connectivity index (χ1n) is 4.52. The highest BCUT2D eigenvalue weighted by atomic mass is 35.5. The van der Waals surface area contributed by atoms with Gasteiger partial charge in [0, 0.05) is 10.6 Å². The summed E-state index contributed by atoms with van der Waals surface area (Å²) >= 11 is 5.91. The van der Waals surface area contributed by atoms with E-state index in [2.05, 4.69) is 0 Å². The summed E-state index contributed by atoms with van der Waals surface area (Å²) in [4.78, 5) is 23.3. The molecule has 1 atom stereocenters. The third kappa shape index (κ3) is 1.69. The van der Waals surface area contributed by atoms with Crippen molar-refractivity contribution in [3.8, 4) is 0 Å². The predicted octanol–water partition coefficient (Wildman–Crippen LogP) is 1.88. The SMILES string of the molecule is O=C1OCN(C(=O)O)C1c1ccccc1Cl. The van der Waals surface area contributed by atoms with Crippen LogP contribution in [0.15, 0.2) is 24.3 Å². The number of rotatable bonds is 1. The van der Waals surface area contributed by atoms with Gasteiger partial charge in [0.05, 0.1) is 0 Å². The molecule has 1 amide bonds. The van der Waals surface area contributed by atoms with Gasteiger partial charge in [0.15, 0.2) is 12.8 Å². The van der Waals surface area contributed by atoms with E-state index in [-0.39, 0.29) is 6.73 Å². The van der Waals surface area contributed by atoms with Crippen molar-refractivity contribution in [2.45, 2.75) is 6.04 Å². The maximum atomic E-state index is 11.5. The second-order valence-electron chi connectivity index (χ2n) is 3.27. The molecular weight excluding hydrogens is 234 g/mol. The Kier molecular flexibility index (Phi) is 2.70. The van der Waals surface area contributed by atoms with Crippen LogP contribution >= 0.6 is 11.6 Å². The number of esters is 1. The van der Waals surface area contributed by atoms with Gasteiger partial charge >= 0.3 is 12.1 Å². The van der Waals surface area contributed by atoms with Crippen LogP contribution in [0.1, 0.15) is 11.6 Å². The Morgan fingerprint density at radius 1 is 1.50 bits per heavy atom. The van der Waals surface area contributed by atoms with E-state index in [0.29, 0.717) is 10.6 Å². The first-order valence-corrected chi connectivity index (χ1v) is 4.89. The lowest BCUT2D eigenvalue weighted by Gasteiger charge is -2.17. The molecule has 0 saturated carbocycles. The van der Waals surface area contributed by atoms with E-state index >= 15 is 0 Å². The fourth-order valence-corrected chi connectivity index (χ4v) is 1.81. The fourth-order valence-electron chi connectivity index (χ4n) is 1.57. The molecule has 0 spiro atoms. The maximum absolute atomic E-state index is 11.5. The number of ether oxygens (including phenoxy) is 1. The van der Waals surface area contributed by atoms with E-state index < -0.39 is 18.1 Å². The molecule has 1 aliphatic rings. The molecule has 84 valence electrons. The van der Waals surface area contributed by atoms with E-state index in [1.54, 1.807) is 24.3 Å². The highest BCUT2D eigenvalue weighted by Crippen LogP contribution is 2.32. The van der Waals surface area contributed by atoms with Crippen molar-refractivity contribution in [3.63, 3.8) is 0 Å². The van der Waals surface area contributed by atoms with Gasteiger partial charge in [0.1, 0.15) is 0 Å². The minimum Gasteiger partial charge on any atom is -0.465 e. The number of carbonyl (C=O) groups excluding carboxylic acids is 1. The number of cyclic esters (lactones) is 1. The number of nitrogens with zero attached hydrogens (tertiary/aromatic N) is 1. The van der Waals surface area contributed by atoms with Gasteiger partial charge in [-0.15, -0.1) is 0 Å². The summed E-state index contributed by atoms with van der Waals surface area (Å²) in [7, 11) is 0. The van der Waals surface area contributed by atoms with Crippen molar-refractivity contribution < 1.29 is 19.4 Å². The zero-order valence-corrected chi connectivity index (χ0v) is 8.85. The van der Waals surface area contributed by atoms with Crippen LogP contribution in [0.5, 0.6) is 0 Å². The summed E-state index contributed by atoms with van der Waals surface area (Å²) in [6.07, 6.45) is -1.21. The molecule has 1 N–H and O–H groups in total. The molecule has 1 fully saturated rings. The highest BCUT2D eigenvalue weighted by Gasteiger charge is 2.39. The second kappa shape index (κ2) is 4.02. The van der Waals surface area contributed by atoms with Crippen LogP contribution < -0.4 is 0 Å². The highest BCUT2D eigenvalue weighted by molar-refractivity contribution is 6.31. The average Bonchev–Trinajstić information content (AvgIpc) is 2.61. The van der Waals surface area contributed by atoms with Gasteiger partial charge in [-0.2, -0.15) is 0 Å². The van der Waals surface area contributed by atoms with Crippen LogP contribution in [0.4, 0.5) is 4.79 Å². The lowest BCUT2D eigenvalue weighted by atomic mass is 10.1. The molecule has 1 saturated heterocycles. The second-order valence-corrected chi connectivity index (χ2v) is 3.68. The lowest BCUT2D eigenvalue weighted by Crippen LogP contribution is -2.30. The van der Waals surface area contributed by atoms with Crippen LogP contribution in [-0.2, 0) is 9.53 Å². The number of hydrogen-bond donors (Lipinski definition) is 1. The van der Waals surface area contributed by atoms with Crippen LogP contribution in [0.25, 0.3) is 0 Å². The Bertz CT molecular complexity index is 448. The Hall–Kier alpha value is -1.75. The van der Waals surface area contributed by atoms with Gasteiger partial charge in [0.25, 0.3) is 0 Å². The van der Waals surface area contributed by atoms with Gasteiger partial charge in [0.2, 0.25) is 0 Å².